The minimum absolute atomic E-state index is 0.159. The predicted octanol–water partition coefficient (Wildman–Crippen LogP) is 2.54. The third-order valence-corrected chi connectivity index (χ3v) is 3.53. The van der Waals surface area contributed by atoms with Crippen molar-refractivity contribution >= 4 is 11.6 Å². The van der Waals surface area contributed by atoms with Crippen molar-refractivity contribution in [2.24, 2.45) is 0 Å². The Hall–Kier alpha value is -2.27. The molecule has 5 heteroatoms. The first-order valence-corrected chi connectivity index (χ1v) is 7.11. The molecule has 0 radical (unpaired) electrons. The number of nitrogens with one attached hydrogen (secondary N) is 1. The number of para-hydroxylation sites is 1. The first-order chi connectivity index (χ1) is 10.5. The van der Waals surface area contributed by atoms with Gasteiger partial charge in [0.25, 0.3) is 5.91 Å². The van der Waals surface area contributed by atoms with E-state index in [1.807, 2.05) is 31.2 Å². The van der Waals surface area contributed by atoms with Crippen molar-refractivity contribution in [2.45, 2.75) is 19.9 Å². The summed E-state index contributed by atoms with van der Waals surface area (Å²) in [6.07, 6.45) is 0. The quantitative estimate of drug-likeness (QED) is 0.876. The lowest BCUT2D eigenvalue weighted by Crippen LogP contribution is -2.86. The second kappa shape index (κ2) is 7.13. The number of nitrogens with two attached hydrogens (primary N) is 1. The number of amides is 1. The van der Waals surface area contributed by atoms with Gasteiger partial charge in [-0.3, -0.25) is 4.79 Å². The number of anilines is 1. The summed E-state index contributed by atoms with van der Waals surface area (Å²) in [5.74, 6) is -1.36. The highest BCUT2D eigenvalue weighted by atomic mass is 19.1. The van der Waals surface area contributed by atoms with Gasteiger partial charge in [-0.15, -0.1) is 0 Å². The topological polar surface area (TPSA) is 45.7 Å². The second-order valence-corrected chi connectivity index (χ2v) is 5.26. The highest BCUT2D eigenvalue weighted by Crippen LogP contribution is 2.15. The SMILES string of the molecule is Cc1ccccc1NC(=O)C[NH2+][C@H](C)c1ccc(F)cc1F. The highest BCUT2D eigenvalue weighted by Gasteiger charge is 2.16. The smallest absolute Gasteiger partial charge is 0.279 e. The third kappa shape index (κ3) is 4.11. The Kier molecular flexibility index (Phi) is 5.22. The zero-order valence-corrected chi connectivity index (χ0v) is 12.6. The lowest BCUT2D eigenvalue weighted by atomic mass is 10.1. The van der Waals surface area contributed by atoms with E-state index in [1.165, 1.54) is 12.1 Å². The molecule has 0 heterocycles. The molecule has 0 unspecified atom stereocenters. The standard InChI is InChI=1S/C17H18F2N2O/c1-11-5-3-4-6-16(11)21-17(22)10-20-12(2)14-8-7-13(18)9-15(14)19/h3-9,12,20H,10H2,1-2H3,(H,21,22)/p+1/t12-/m1/s1. The van der Waals surface area contributed by atoms with Crippen LogP contribution in [0.5, 0.6) is 0 Å². The number of carbonyl (C=O) groups is 1. The summed E-state index contributed by atoms with van der Waals surface area (Å²) in [5.41, 5.74) is 2.13. The summed E-state index contributed by atoms with van der Waals surface area (Å²) in [4.78, 5) is 11.9. The molecule has 1 amide bonds. The van der Waals surface area contributed by atoms with Crippen LogP contribution in [0.4, 0.5) is 14.5 Å². The van der Waals surface area contributed by atoms with Crippen LogP contribution in [0.15, 0.2) is 42.5 Å². The number of quaternary nitrogens is 1. The van der Waals surface area contributed by atoms with Crippen LogP contribution in [0, 0.1) is 18.6 Å². The molecule has 3 nitrogen and oxygen atoms in total. The van der Waals surface area contributed by atoms with Gasteiger partial charge in [0.2, 0.25) is 0 Å². The maximum Gasteiger partial charge on any atom is 0.279 e. The molecule has 116 valence electrons. The first kappa shape index (κ1) is 16.1. The van der Waals surface area contributed by atoms with Crippen LogP contribution in [0.1, 0.15) is 24.1 Å². The van der Waals surface area contributed by atoms with Crippen LogP contribution in [0.2, 0.25) is 0 Å². The molecule has 1 atom stereocenters. The van der Waals surface area contributed by atoms with Gasteiger partial charge in [0.05, 0.1) is 0 Å². The molecular formula is C17H19F2N2O+. The molecule has 2 rings (SSSR count). The molecule has 0 aromatic heterocycles. The number of halogens is 2. The second-order valence-electron chi connectivity index (χ2n) is 5.26. The zero-order valence-electron chi connectivity index (χ0n) is 12.6. The molecule has 0 aliphatic heterocycles. The van der Waals surface area contributed by atoms with Gasteiger partial charge in [0.15, 0.2) is 6.54 Å². The van der Waals surface area contributed by atoms with Gasteiger partial charge >= 0.3 is 0 Å². The molecule has 0 saturated carbocycles. The maximum atomic E-state index is 13.7. The number of benzene rings is 2. The molecule has 3 N–H and O–H groups in total. The summed E-state index contributed by atoms with van der Waals surface area (Å²) >= 11 is 0. The monoisotopic (exact) mass is 305 g/mol. The van der Waals surface area contributed by atoms with Crippen LogP contribution >= 0.6 is 0 Å². The first-order valence-electron chi connectivity index (χ1n) is 7.11. The van der Waals surface area contributed by atoms with Crippen LogP contribution in [0.3, 0.4) is 0 Å². The number of aryl methyl sites for hydroxylation is 1. The van der Waals surface area contributed by atoms with Gasteiger partial charge < -0.3 is 10.6 Å². The molecule has 2 aromatic rings. The molecule has 0 aliphatic rings. The fraction of sp³-hybridized carbons (Fsp3) is 0.235. The Morgan fingerprint density at radius 1 is 1.23 bits per heavy atom. The lowest BCUT2D eigenvalue weighted by molar-refractivity contribution is -0.682. The van der Waals surface area contributed by atoms with E-state index in [9.17, 15) is 13.6 Å². The van der Waals surface area contributed by atoms with Gasteiger partial charge in [0, 0.05) is 17.3 Å². The number of hydrogen-bond acceptors (Lipinski definition) is 1. The molecule has 22 heavy (non-hydrogen) atoms. The Morgan fingerprint density at radius 3 is 2.64 bits per heavy atom. The van der Waals surface area contributed by atoms with Crippen molar-refractivity contribution in [3.05, 3.63) is 65.2 Å². The summed E-state index contributed by atoms with van der Waals surface area (Å²) in [6, 6.07) is 10.7. The predicted molar refractivity (Wildman–Crippen MR) is 81.4 cm³/mol. The van der Waals surface area contributed by atoms with Crippen LogP contribution < -0.4 is 10.6 Å². The van der Waals surface area contributed by atoms with E-state index >= 15 is 0 Å². The van der Waals surface area contributed by atoms with Gasteiger partial charge in [-0.2, -0.15) is 0 Å². The van der Waals surface area contributed by atoms with E-state index in [0.29, 0.717) is 5.56 Å². The van der Waals surface area contributed by atoms with E-state index in [2.05, 4.69) is 5.32 Å². The van der Waals surface area contributed by atoms with Crippen molar-refractivity contribution in [1.29, 1.82) is 0 Å². The normalized spacial score (nSPS) is 12.0. The van der Waals surface area contributed by atoms with E-state index in [0.717, 1.165) is 17.3 Å². The average Bonchev–Trinajstić information content (AvgIpc) is 2.47. The summed E-state index contributed by atoms with van der Waals surface area (Å²) in [6.45, 7) is 3.85. The fourth-order valence-electron chi connectivity index (χ4n) is 2.20. The number of rotatable bonds is 5. The van der Waals surface area contributed by atoms with E-state index < -0.39 is 11.6 Å². The largest absolute Gasteiger partial charge is 0.332 e. The van der Waals surface area contributed by atoms with E-state index in [4.69, 9.17) is 0 Å². The zero-order chi connectivity index (χ0) is 16.1. The minimum atomic E-state index is -0.606. The minimum Gasteiger partial charge on any atom is -0.332 e. The molecule has 0 saturated heterocycles. The molecular weight excluding hydrogens is 286 g/mol. The number of hydrogen-bond donors (Lipinski definition) is 2. The molecule has 0 fully saturated rings. The summed E-state index contributed by atoms with van der Waals surface area (Å²) in [7, 11) is 0. The van der Waals surface area contributed by atoms with Crippen molar-refractivity contribution in [3.63, 3.8) is 0 Å². The Labute approximate surface area is 128 Å². The molecule has 0 bridgehead atoms. The van der Waals surface area contributed by atoms with Crippen LogP contribution in [-0.2, 0) is 4.79 Å². The van der Waals surface area contributed by atoms with Crippen molar-refractivity contribution in [3.8, 4) is 0 Å². The summed E-state index contributed by atoms with van der Waals surface area (Å²) in [5, 5.41) is 4.53. The van der Waals surface area contributed by atoms with Gasteiger partial charge in [0.1, 0.15) is 17.7 Å². The van der Waals surface area contributed by atoms with E-state index in [1.54, 1.807) is 12.2 Å². The van der Waals surface area contributed by atoms with Crippen LogP contribution in [0.25, 0.3) is 0 Å². The molecule has 2 aromatic carbocycles. The average molecular weight is 305 g/mol. The van der Waals surface area contributed by atoms with Gasteiger partial charge in [-0.05, 0) is 37.6 Å². The van der Waals surface area contributed by atoms with Crippen LogP contribution in [-0.4, -0.2) is 12.5 Å². The number of carbonyl (C=O) groups excluding carboxylic acids is 1. The Morgan fingerprint density at radius 2 is 1.95 bits per heavy atom. The fourth-order valence-corrected chi connectivity index (χ4v) is 2.20. The Balaban J connectivity index is 1.92. The lowest BCUT2D eigenvalue weighted by Gasteiger charge is -2.12. The van der Waals surface area contributed by atoms with Gasteiger partial charge in [-0.1, -0.05) is 18.2 Å². The Bertz CT molecular complexity index is 673. The highest BCUT2D eigenvalue weighted by molar-refractivity contribution is 5.92. The van der Waals surface area contributed by atoms with E-state index in [-0.39, 0.29) is 18.5 Å². The van der Waals surface area contributed by atoms with Crippen molar-refractivity contribution in [1.82, 2.24) is 0 Å². The van der Waals surface area contributed by atoms with Crippen molar-refractivity contribution < 1.29 is 18.9 Å². The van der Waals surface area contributed by atoms with Crippen molar-refractivity contribution in [2.75, 3.05) is 11.9 Å². The third-order valence-electron chi connectivity index (χ3n) is 3.53. The molecule has 0 aliphatic carbocycles. The van der Waals surface area contributed by atoms with Gasteiger partial charge in [-0.25, -0.2) is 8.78 Å². The molecule has 0 spiro atoms. The summed E-state index contributed by atoms with van der Waals surface area (Å²) < 4.78 is 26.6. The maximum absolute atomic E-state index is 13.7.